The van der Waals surface area contributed by atoms with Gasteiger partial charge in [-0.25, -0.2) is 4.99 Å². The number of para-hydroxylation sites is 1. The summed E-state index contributed by atoms with van der Waals surface area (Å²) in [6.45, 7) is 2.79. The topological polar surface area (TPSA) is 91.2 Å². The minimum Gasteiger partial charge on any atom is -0.497 e. The van der Waals surface area contributed by atoms with Crippen LogP contribution < -0.4 is 34.4 Å². The molecular formula is C30H25N3O5S. The Morgan fingerprint density at radius 1 is 1.05 bits per heavy atom. The molecule has 0 saturated carbocycles. The van der Waals surface area contributed by atoms with Crippen molar-refractivity contribution in [2.75, 3.05) is 25.6 Å². The van der Waals surface area contributed by atoms with Crippen LogP contribution in [0.25, 0.3) is 6.08 Å². The first-order valence-electron chi connectivity index (χ1n) is 12.4. The van der Waals surface area contributed by atoms with Crippen molar-refractivity contribution in [2.45, 2.75) is 13.0 Å². The molecule has 1 aromatic heterocycles. The van der Waals surface area contributed by atoms with Gasteiger partial charge in [0.15, 0.2) is 16.3 Å². The number of carbonyl (C=O) groups is 1. The number of aromatic nitrogens is 1. The molecule has 39 heavy (non-hydrogen) atoms. The van der Waals surface area contributed by atoms with Crippen molar-refractivity contribution in [3.63, 3.8) is 0 Å². The Balaban J connectivity index is 1.48. The number of hydrogen-bond donors (Lipinski definition) is 1. The van der Waals surface area contributed by atoms with E-state index in [0.29, 0.717) is 56.8 Å². The smallest absolute Gasteiger partial charge is 0.271 e. The number of benzene rings is 3. The minimum atomic E-state index is -0.668. The number of fused-ring (bicyclic) bond motifs is 2. The molecule has 0 fully saturated rings. The number of nitrogens with zero attached hydrogens (tertiary/aromatic N) is 2. The zero-order valence-corrected chi connectivity index (χ0v) is 22.2. The van der Waals surface area contributed by atoms with Gasteiger partial charge in [0.05, 0.1) is 29.0 Å². The van der Waals surface area contributed by atoms with Crippen molar-refractivity contribution in [1.29, 1.82) is 0 Å². The molecule has 1 atom stereocenters. The van der Waals surface area contributed by atoms with Crippen molar-refractivity contribution in [3.05, 3.63) is 115 Å². The molecule has 2 aliphatic heterocycles. The quantitative estimate of drug-likeness (QED) is 0.418. The molecule has 0 spiro atoms. The lowest BCUT2D eigenvalue weighted by Gasteiger charge is -2.25. The van der Waals surface area contributed by atoms with E-state index in [4.69, 9.17) is 19.2 Å². The second kappa shape index (κ2) is 10.3. The molecule has 3 aromatic carbocycles. The van der Waals surface area contributed by atoms with Gasteiger partial charge in [-0.3, -0.25) is 14.2 Å². The highest BCUT2D eigenvalue weighted by Crippen LogP contribution is 2.32. The normalized spacial score (nSPS) is 16.4. The van der Waals surface area contributed by atoms with Gasteiger partial charge in [-0.2, -0.15) is 0 Å². The molecular weight excluding hydrogens is 514 g/mol. The maximum Gasteiger partial charge on any atom is 0.271 e. The summed E-state index contributed by atoms with van der Waals surface area (Å²) in [4.78, 5) is 32.8. The van der Waals surface area contributed by atoms with Gasteiger partial charge >= 0.3 is 0 Å². The fraction of sp³-hybridized carbons (Fsp3) is 0.167. The highest BCUT2D eigenvalue weighted by molar-refractivity contribution is 7.07. The predicted molar refractivity (Wildman–Crippen MR) is 149 cm³/mol. The third-order valence-corrected chi connectivity index (χ3v) is 7.58. The lowest BCUT2D eigenvalue weighted by atomic mass is 9.95. The molecule has 8 nitrogen and oxygen atoms in total. The van der Waals surface area contributed by atoms with E-state index < -0.39 is 6.04 Å². The summed E-state index contributed by atoms with van der Waals surface area (Å²) in [5.41, 5.74) is 2.97. The zero-order valence-electron chi connectivity index (χ0n) is 21.3. The van der Waals surface area contributed by atoms with Crippen LogP contribution in [0.15, 0.2) is 93.9 Å². The Labute approximate surface area is 228 Å². The molecule has 0 bridgehead atoms. The second-order valence-electron chi connectivity index (χ2n) is 9.08. The van der Waals surface area contributed by atoms with Crippen molar-refractivity contribution in [2.24, 2.45) is 4.99 Å². The standard InChI is InChI=1S/C30H25N3O5S/c1-18-26(28(34)32-21-6-4-3-5-7-21)27(20-9-11-22(36-2)12-10-20)33-29(35)25(39-30(33)31-18)17-19-8-13-23-24(16-19)38-15-14-37-23/h3-13,16-17,27H,14-15H2,1-2H3,(H,32,34)/b25-17-/t27-/m1/s1. The molecule has 0 radical (unpaired) electrons. The molecule has 0 unspecified atom stereocenters. The average Bonchev–Trinajstić information content (AvgIpc) is 3.26. The summed E-state index contributed by atoms with van der Waals surface area (Å²) >= 11 is 1.29. The van der Waals surface area contributed by atoms with E-state index in [1.54, 1.807) is 18.6 Å². The summed E-state index contributed by atoms with van der Waals surface area (Å²) in [6, 6.07) is 21.5. The number of allylic oxidation sites excluding steroid dienone is 1. The fourth-order valence-corrected chi connectivity index (χ4v) is 5.78. The average molecular weight is 540 g/mol. The van der Waals surface area contributed by atoms with Gasteiger partial charge in [0.2, 0.25) is 0 Å². The van der Waals surface area contributed by atoms with E-state index in [-0.39, 0.29) is 11.5 Å². The Morgan fingerprint density at radius 3 is 2.54 bits per heavy atom. The molecule has 2 aliphatic rings. The number of amides is 1. The number of methoxy groups -OCH3 is 1. The number of carbonyl (C=O) groups excluding carboxylic acids is 1. The molecule has 6 rings (SSSR count). The van der Waals surface area contributed by atoms with E-state index >= 15 is 0 Å². The van der Waals surface area contributed by atoms with Crippen LogP contribution >= 0.6 is 11.3 Å². The van der Waals surface area contributed by atoms with E-state index in [2.05, 4.69) is 5.32 Å². The summed E-state index contributed by atoms with van der Waals surface area (Å²) in [5.74, 6) is 1.70. The molecule has 0 aliphatic carbocycles. The van der Waals surface area contributed by atoms with Crippen molar-refractivity contribution < 1.29 is 19.0 Å². The number of rotatable bonds is 5. The van der Waals surface area contributed by atoms with Gasteiger partial charge in [-0.15, -0.1) is 0 Å². The SMILES string of the molecule is COc1ccc([C@@H]2C(C(=O)Nc3ccccc3)=C(C)N=c3s/c(=C\c4ccc5c(c4)OCCO5)c(=O)n32)cc1. The summed E-state index contributed by atoms with van der Waals surface area (Å²) in [6.07, 6.45) is 1.82. The molecule has 0 saturated heterocycles. The summed E-state index contributed by atoms with van der Waals surface area (Å²) in [5, 5.41) is 2.96. The second-order valence-corrected chi connectivity index (χ2v) is 10.1. The number of anilines is 1. The van der Waals surface area contributed by atoms with Crippen molar-refractivity contribution in [1.82, 2.24) is 4.57 Å². The molecule has 4 aromatic rings. The maximum absolute atomic E-state index is 13.9. The van der Waals surface area contributed by atoms with Crippen molar-refractivity contribution in [3.8, 4) is 17.2 Å². The molecule has 196 valence electrons. The van der Waals surface area contributed by atoms with Crippen LogP contribution in [0.4, 0.5) is 5.69 Å². The van der Waals surface area contributed by atoms with Gasteiger partial charge < -0.3 is 19.5 Å². The molecule has 3 heterocycles. The van der Waals surface area contributed by atoms with Gasteiger partial charge in [0.1, 0.15) is 19.0 Å². The van der Waals surface area contributed by atoms with Crippen LogP contribution in [0.5, 0.6) is 17.2 Å². The first-order chi connectivity index (χ1) is 19.0. The number of hydrogen-bond acceptors (Lipinski definition) is 7. The van der Waals surface area contributed by atoms with Crippen LogP contribution in [0, 0.1) is 0 Å². The number of nitrogens with one attached hydrogen (secondary N) is 1. The molecule has 9 heteroatoms. The lowest BCUT2D eigenvalue weighted by molar-refractivity contribution is -0.113. The molecule has 1 N–H and O–H groups in total. The monoisotopic (exact) mass is 539 g/mol. The predicted octanol–water partition coefficient (Wildman–Crippen LogP) is 3.65. The zero-order chi connectivity index (χ0) is 26.9. The highest BCUT2D eigenvalue weighted by Gasteiger charge is 2.32. The van der Waals surface area contributed by atoms with E-state index in [1.165, 1.54) is 11.3 Å². The first-order valence-corrected chi connectivity index (χ1v) is 13.3. The Kier molecular flexibility index (Phi) is 6.50. The van der Waals surface area contributed by atoms with Crippen LogP contribution in [-0.2, 0) is 4.79 Å². The lowest BCUT2D eigenvalue weighted by Crippen LogP contribution is -2.40. The largest absolute Gasteiger partial charge is 0.497 e. The summed E-state index contributed by atoms with van der Waals surface area (Å²) in [7, 11) is 1.60. The Bertz CT molecular complexity index is 1770. The van der Waals surface area contributed by atoms with E-state index in [1.807, 2.05) is 78.9 Å². The summed E-state index contributed by atoms with van der Waals surface area (Å²) < 4.78 is 18.8. The van der Waals surface area contributed by atoms with Crippen LogP contribution in [0.1, 0.15) is 24.1 Å². The maximum atomic E-state index is 13.9. The number of thiazole rings is 1. The third-order valence-electron chi connectivity index (χ3n) is 6.59. The Hall–Kier alpha value is -4.63. The van der Waals surface area contributed by atoms with Crippen LogP contribution in [0.2, 0.25) is 0 Å². The Morgan fingerprint density at radius 2 is 1.79 bits per heavy atom. The minimum absolute atomic E-state index is 0.230. The van der Waals surface area contributed by atoms with E-state index in [0.717, 1.165) is 11.1 Å². The van der Waals surface area contributed by atoms with Crippen LogP contribution in [-0.4, -0.2) is 30.8 Å². The fourth-order valence-electron chi connectivity index (χ4n) is 4.73. The van der Waals surface area contributed by atoms with Crippen molar-refractivity contribution >= 4 is 29.0 Å². The van der Waals surface area contributed by atoms with Crippen LogP contribution in [0.3, 0.4) is 0 Å². The van der Waals surface area contributed by atoms with Gasteiger partial charge in [-0.1, -0.05) is 47.7 Å². The highest BCUT2D eigenvalue weighted by atomic mass is 32.1. The van der Waals surface area contributed by atoms with E-state index in [9.17, 15) is 9.59 Å². The third kappa shape index (κ3) is 4.72. The van der Waals surface area contributed by atoms with Gasteiger partial charge in [0.25, 0.3) is 11.5 Å². The van der Waals surface area contributed by atoms with Gasteiger partial charge in [-0.05, 0) is 60.5 Å². The van der Waals surface area contributed by atoms with Gasteiger partial charge in [0, 0.05) is 5.69 Å². The molecule has 1 amide bonds. The number of ether oxygens (including phenoxy) is 3. The first kappa shape index (κ1) is 24.7.